The highest BCUT2D eigenvalue weighted by Crippen LogP contribution is 2.38. The highest BCUT2D eigenvalue weighted by molar-refractivity contribution is 7.45. The molecule has 0 saturated heterocycles. The number of phosphoric ester groups is 1. The Morgan fingerprint density at radius 3 is 1.11 bits per heavy atom. The Balaban J connectivity index is 5.04. The van der Waals surface area contributed by atoms with Crippen LogP contribution in [0, 0.1) is 0 Å². The van der Waals surface area contributed by atoms with E-state index in [2.05, 4.69) is 26.1 Å². The van der Waals surface area contributed by atoms with E-state index in [0.717, 1.165) is 57.8 Å². The summed E-state index contributed by atoms with van der Waals surface area (Å²) >= 11 is 0. The van der Waals surface area contributed by atoms with E-state index in [1.165, 1.54) is 244 Å². The molecule has 9 nitrogen and oxygen atoms in total. The Hall–Kier alpha value is -1.25. The van der Waals surface area contributed by atoms with E-state index in [0.29, 0.717) is 17.4 Å². The maximum atomic E-state index is 13.5. The van der Waals surface area contributed by atoms with Crippen molar-refractivity contribution in [2.24, 2.45) is 0 Å². The number of carbonyl (C=O) groups is 2. The predicted molar refractivity (Wildman–Crippen MR) is 317 cm³/mol. The Morgan fingerprint density at radius 2 is 0.770 bits per heavy atom. The highest BCUT2D eigenvalue weighted by atomic mass is 31.2. The molecule has 0 fully saturated rings. The van der Waals surface area contributed by atoms with Crippen molar-refractivity contribution in [2.45, 2.75) is 348 Å². The lowest BCUT2D eigenvalue weighted by Crippen LogP contribution is -2.47. The molecule has 74 heavy (non-hydrogen) atoms. The first-order chi connectivity index (χ1) is 35.9. The fraction of sp³-hybridized carbons (Fsp3) is 0.938. The van der Waals surface area contributed by atoms with Gasteiger partial charge in [-0.05, 0) is 31.8 Å². The lowest BCUT2D eigenvalue weighted by atomic mass is 10.0. The van der Waals surface area contributed by atoms with Crippen LogP contribution in [0.4, 0.5) is 0 Å². The molecule has 10 heteroatoms. The SMILES string of the molecule is CCCCCCCCCCC/C=C\C(OC(=O)CCCCCCCCCCCCCCCCCCCCCCCCC)C(COP(=O)([O-])OCC[N+](C)(C)C)NC(=O)CCCCCCCCCCCCCCCC. The number of esters is 1. The van der Waals surface area contributed by atoms with E-state index >= 15 is 0 Å². The summed E-state index contributed by atoms with van der Waals surface area (Å²) in [5.41, 5.74) is 0. The second kappa shape index (κ2) is 55.1. The Bertz CT molecular complexity index is 1270. The molecule has 3 unspecified atom stereocenters. The number of amides is 1. The quantitative estimate of drug-likeness (QED) is 0.0212. The van der Waals surface area contributed by atoms with Crippen LogP contribution in [0.1, 0.15) is 335 Å². The summed E-state index contributed by atoms with van der Waals surface area (Å²) in [4.78, 5) is 40.0. The third-order valence-corrected chi connectivity index (χ3v) is 15.9. The summed E-state index contributed by atoms with van der Waals surface area (Å²) in [6.07, 6.45) is 63.3. The zero-order valence-corrected chi connectivity index (χ0v) is 51.2. The van der Waals surface area contributed by atoms with Gasteiger partial charge in [-0.2, -0.15) is 0 Å². The molecule has 0 spiro atoms. The van der Waals surface area contributed by atoms with Crippen LogP contribution < -0.4 is 10.2 Å². The van der Waals surface area contributed by atoms with Crippen LogP contribution in [0.2, 0.25) is 0 Å². The van der Waals surface area contributed by atoms with Gasteiger partial charge in [0.1, 0.15) is 19.3 Å². The summed E-state index contributed by atoms with van der Waals surface area (Å²) in [5.74, 6) is -0.519. The molecule has 0 saturated carbocycles. The van der Waals surface area contributed by atoms with Gasteiger partial charge in [0.25, 0.3) is 7.82 Å². The molecule has 440 valence electrons. The minimum atomic E-state index is -4.69. The summed E-state index contributed by atoms with van der Waals surface area (Å²) in [6, 6.07) is -0.879. The Morgan fingerprint density at radius 1 is 0.459 bits per heavy atom. The molecule has 0 heterocycles. The Labute approximate surface area is 461 Å². The molecule has 0 aromatic carbocycles. The largest absolute Gasteiger partial charge is 0.756 e. The molecule has 1 amide bonds. The van der Waals surface area contributed by atoms with Gasteiger partial charge in [-0.15, -0.1) is 0 Å². The third kappa shape index (κ3) is 55.5. The second-order valence-electron chi connectivity index (χ2n) is 23.6. The van der Waals surface area contributed by atoms with Gasteiger partial charge in [-0.25, -0.2) is 0 Å². The van der Waals surface area contributed by atoms with Crippen molar-refractivity contribution < 1.29 is 37.3 Å². The van der Waals surface area contributed by atoms with Gasteiger partial charge in [0.15, 0.2) is 0 Å². The number of allylic oxidation sites excluding steroid dienone is 1. The fourth-order valence-electron chi connectivity index (χ4n) is 9.94. The van der Waals surface area contributed by atoms with Crippen LogP contribution in [-0.2, 0) is 27.9 Å². The van der Waals surface area contributed by atoms with Crippen molar-refractivity contribution in [1.82, 2.24) is 5.32 Å². The van der Waals surface area contributed by atoms with Gasteiger partial charge in [-0.1, -0.05) is 303 Å². The number of likely N-dealkylation sites (N-methyl/N-ethyl adjacent to an activating group) is 1. The van der Waals surface area contributed by atoms with Gasteiger partial charge in [0.05, 0.1) is 33.8 Å². The van der Waals surface area contributed by atoms with Crippen LogP contribution in [0.5, 0.6) is 0 Å². The fourth-order valence-corrected chi connectivity index (χ4v) is 10.7. The van der Waals surface area contributed by atoms with Gasteiger partial charge in [0.2, 0.25) is 5.91 Å². The lowest BCUT2D eigenvalue weighted by molar-refractivity contribution is -0.870. The van der Waals surface area contributed by atoms with Crippen molar-refractivity contribution >= 4 is 19.7 Å². The maximum absolute atomic E-state index is 13.5. The van der Waals surface area contributed by atoms with Gasteiger partial charge < -0.3 is 28.5 Å². The topological polar surface area (TPSA) is 114 Å². The molecule has 3 atom stereocenters. The van der Waals surface area contributed by atoms with Crippen LogP contribution in [0.3, 0.4) is 0 Å². The first-order valence-corrected chi connectivity index (χ1v) is 34.0. The number of hydrogen-bond acceptors (Lipinski definition) is 7. The molecular formula is C64H127N2O7P. The number of carbonyl (C=O) groups excluding carboxylic acids is 2. The summed E-state index contributed by atoms with van der Waals surface area (Å²) in [7, 11) is 1.21. The zero-order chi connectivity index (χ0) is 54.3. The molecule has 0 aliphatic heterocycles. The van der Waals surface area contributed by atoms with E-state index in [1.54, 1.807) is 0 Å². The molecule has 0 rings (SSSR count). The standard InChI is InChI=1S/C64H127N2O7P/c1-7-10-13-16-19-22-25-27-29-30-31-32-33-34-35-36-37-39-42-45-48-51-54-57-64(68)73-62(55-52-49-46-43-40-24-21-18-15-12-9-3)61(60-72-74(69,70)71-59-58-66(4,5)6)65-63(67)56-53-50-47-44-41-38-28-26-23-20-17-14-11-8-2/h52,55,61-62H,7-51,53-54,56-60H2,1-6H3,(H-,65,67,69,70)/b55-52-. The normalized spacial score (nSPS) is 13.7. The lowest BCUT2D eigenvalue weighted by Gasteiger charge is -2.30. The Kier molecular flexibility index (Phi) is 54.1. The van der Waals surface area contributed by atoms with Gasteiger partial charge in [0, 0.05) is 12.8 Å². The van der Waals surface area contributed by atoms with Crippen molar-refractivity contribution in [3.8, 4) is 0 Å². The summed E-state index contributed by atoms with van der Waals surface area (Å²) in [5, 5.41) is 3.03. The molecule has 1 N–H and O–H groups in total. The molecule has 0 aromatic heterocycles. The molecule has 0 aliphatic rings. The smallest absolute Gasteiger partial charge is 0.306 e. The van der Waals surface area contributed by atoms with Crippen molar-refractivity contribution in [3.05, 3.63) is 12.2 Å². The molecular weight excluding hydrogens is 940 g/mol. The third-order valence-electron chi connectivity index (χ3n) is 15.0. The van der Waals surface area contributed by atoms with Crippen LogP contribution in [-0.4, -0.2) is 69.4 Å². The van der Waals surface area contributed by atoms with Gasteiger partial charge in [-0.3, -0.25) is 14.2 Å². The first kappa shape index (κ1) is 72.8. The first-order valence-electron chi connectivity index (χ1n) is 32.5. The van der Waals surface area contributed by atoms with Crippen LogP contribution in [0.25, 0.3) is 0 Å². The second-order valence-corrected chi connectivity index (χ2v) is 25.0. The predicted octanol–water partition coefficient (Wildman–Crippen LogP) is 19.3. The molecule has 0 aromatic rings. The summed E-state index contributed by atoms with van der Waals surface area (Å²) in [6.45, 7) is 6.89. The minimum Gasteiger partial charge on any atom is -0.756 e. The van der Waals surface area contributed by atoms with Crippen molar-refractivity contribution in [3.63, 3.8) is 0 Å². The number of hydrogen-bond donors (Lipinski definition) is 1. The number of rotatable bonds is 60. The molecule has 0 radical (unpaired) electrons. The number of quaternary nitrogens is 1. The zero-order valence-electron chi connectivity index (χ0n) is 50.3. The molecule has 0 aliphatic carbocycles. The minimum absolute atomic E-state index is 0.0168. The number of unbranched alkanes of at least 4 members (excludes halogenated alkanes) is 44. The average molecular weight is 1070 g/mol. The number of phosphoric acid groups is 1. The van der Waals surface area contributed by atoms with E-state index in [4.69, 9.17) is 13.8 Å². The number of ether oxygens (including phenoxy) is 1. The maximum Gasteiger partial charge on any atom is 0.306 e. The number of nitrogens with one attached hydrogen (secondary N) is 1. The summed E-state index contributed by atoms with van der Waals surface area (Å²) < 4.78 is 30.3. The van der Waals surface area contributed by atoms with Crippen molar-refractivity contribution in [2.75, 3.05) is 40.9 Å². The van der Waals surface area contributed by atoms with E-state index in [-0.39, 0.29) is 31.5 Å². The van der Waals surface area contributed by atoms with E-state index in [9.17, 15) is 19.0 Å². The monoisotopic (exact) mass is 1070 g/mol. The van der Waals surface area contributed by atoms with Crippen LogP contribution in [0.15, 0.2) is 12.2 Å². The highest BCUT2D eigenvalue weighted by Gasteiger charge is 2.27. The number of nitrogens with zero attached hydrogens (tertiary/aromatic N) is 1. The molecule has 0 bridgehead atoms. The van der Waals surface area contributed by atoms with Crippen molar-refractivity contribution in [1.29, 1.82) is 0 Å². The van der Waals surface area contributed by atoms with Gasteiger partial charge >= 0.3 is 5.97 Å². The van der Waals surface area contributed by atoms with Crippen LogP contribution >= 0.6 is 7.82 Å². The van der Waals surface area contributed by atoms with E-state index < -0.39 is 20.0 Å². The van der Waals surface area contributed by atoms with E-state index in [1.807, 2.05) is 33.3 Å². The average Bonchev–Trinajstić information content (AvgIpc) is 3.36.